The van der Waals surface area contributed by atoms with Crippen molar-refractivity contribution in [3.63, 3.8) is 0 Å². The summed E-state index contributed by atoms with van der Waals surface area (Å²) in [5.74, 6) is -0.611. The summed E-state index contributed by atoms with van der Waals surface area (Å²) in [5.41, 5.74) is 2.31. The topological polar surface area (TPSA) is 86.8 Å². The predicted molar refractivity (Wildman–Crippen MR) is 147 cm³/mol. The van der Waals surface area contributed by atoms with Crippen molar-refractivity contribution in [2.45, 2.75) is 71.0 Å². The molecule has 1 fully saturated rings. The Kier molecular flexibility index (Phi) is 9.96. The summed E-state index contributed by atoms with van der Waals surface area (Å²) in [4.78, 5) is 28.7. The van der Waals surface area contributed by atoms with Crippen LogP contribution in [0.3, 0.4) is 0 Å². The molecule has 7 nitrogen and oxygen atoms in total. The number of anilines is 1. The molecule has 36 heavy (non-hydrogen) atoms. The van der Waals surface area contributed by atoms with Crippen LogP contribution in [-0.2, 0) is 26.2 Å². The van der Waals surface area contributed by atoms with Crippen LogP contribution in [0.2, 0.25) is 0 Å². The number of halogens is 1. The van der Waals surface area contributed by atoms with Crippen LogP contribution in [0.1, 0.15) is 56.6 Å². The number of nitrogens with zero attached hydrogens (tertiary/aromatic N) is 2. The summed E-state index contributed by atoms with van der Waals surface area (Å²) in [6, 6.07) is 14.1. The molecule has 1 saturated carbocycles. The van der Waals surface area contributed by atoms with Gasteiger partial charge < -0.3 is 10.2 Å². The maximum Gasteiger partial charge on any atom is 0.244 e. The Morgan fingerprint density at radius 2 is 1.78 bits per heavy atom. The van der Waals surface area contributed by atoms with Crippen LogP contribution < -0.4 is 9.62 Å². The standard InChI is InChI=1S/C27H36BrN3O4S/c1-4-24(27(33)29-22-13-6-5-7-14-22)30(18-21-12-10-11-20(2)17-21)26(32)19-31(36(3,34)35)25-16-9-8-15-23(25)28/h8-12,15-17,22,24H,4-7,13-14,18-19H2,1-3H3,(H,29,33). The van der Waals surface area contributed by atoms with Crippen molar-refractivity contribution in [3.8, 4) is 0 Å². The van der Waals surface area contributed by atoms with Crippen LogP contribution >= 0.6 is 15.9 Å². The van der Waals surface area contributed by atoms with Gasteiger partial charge in [0.2, 0.25) is 21.8 Å². The van der Waals surface area contributed by atoms with Crippen LogP contribution in [0.25, 0.3) is 0 Å². The lowest BCUT2D eigenvalue weighted by molar-refractivity contribution is -0.140. The van der Waals surface area contributed by atoms with E-state index in [0.29, 0.717) is 16.6 Å². The molecule has 0 bridgehead atoms. The SMILES string of the molecule is CCC(C(=O)NC1CCCCC1)N(Cc1cccc(C)c1)C(=O)CN(c1ccccc1Br)S(C)(=O)=O. The molecular weight excluding hydrogens is 542 g/mol. The van der Waals surface area contributed by atoms with Gasteiger partial charge in [0.05, 0.1) is 11.9 Å². The van der Waals surface area contributed by atoms with E-state index in [0.717, 1.165) is 47.4 Å². The molecule has 1 N–H and O–H groups in total. The average Bonchev–Trinajstić information content (AvgIpc) is 2.83. The molecule has 3 rings (SSSR count). The monoisotopic (exact) mass is 577 g/mol. The summed E-state index contributed by atoms with van der Waals surface area (Å²) in [6.07, 6.45) is 6.74. The van der Waals surface area contributed by atoms with Crippen molar-refractivity contribution in [1.29, 1.82) is 0 Å². The Hall–Kier alpha value is -2.39. The summed E-state index contributed by atoms with van der Waals surface area (Å²) < 4.78 is 27.1. The van der Waals surface area contributed by atoms with Crippen LogP contribution in [0, 0.1) is 6.92 Å². The molecular formula is C27H36BrN3O4S. The van der Waals surface area contributed by atoms with Gasteiger partial charge in [-0.25, -0.2) is 8.42 Å². The van der Waals surface area contributed by atoms with Gasteiger partial charge in [0.25, 0.3) is 0 Å². The van der Waals surface area contributed by atoms with Crippen molar-refractivity contribution in [3.05, 3.63) is 64.1 Å². The first-order valence-electron chi connectivity index (χ1n) is 12.5. The molecule has 0 radical (unpaired) electrons. The molecule has 0 spiro atoms. The number of hydrogen-bond donors (Lipinski definition) is 1. The van der Waals surface area contributed by atoms with E-state index in [1.54, 1.807) is 24.3 Å². The number of hydrogen-bond acceptors (Lipinski definition) is 4. The highest BCUT2D eigenvalue weighted by Gasteiger charge is 2.33. The average molecular weight is 579 g/mol. The first-order valence-corrected chi connectivity index (χ1v) is 15.1. The van der Waals surface area contributed by atoms with E-state index in [4.69, 9.17) is 0 Å². The molecule has 2 aromatic rings. The fraction of sp³-hybridized carbons (Fsp3) is 0.481. The van der Waals surface area contributed by atoms with Gasteiger partial charge in [0, 0.05) is 17.1 Å². The first-order chi connectivity index (χ1) is 17.1. The molecule has 2 amide bonds. The van der Waals surface area contributed by atoms with Crippen LogP contribution in [0.15, 0.2) is 53.0 Å². The second kappa shape index (κ2) is 12.7. The van der Waals surface area contributed by atoms with Crippen molar-refractivity contribution < 1.29 is 18.0 Å². The fourth-order valence-corrected chi connectivity index (χ4v) is 6.20. The molecule has 0 aliphatic heterocycles. The van der Waals surface area contributed by atoms with Crippen molar-refractivity contribution in [2.75, 3.05) is 17.1 Å². The number of amides is 2. The van der Waals surface area contributed by atoms with E-state index in [9.17, 15) is 18.0 Å². The smallest absolute Gasteiger partial charge is 0.244 e. The third kappa shape index (κ3) is 7.56. The van der Waals surface area contributed by atoms with Gasteiger partial charge in [-0.1, -0.05) is 68.1 Å². The van der Waals surface area contributed by atoms with E-state index in [-0.39, 0.29) is 18.5 Å². The zero-order valence-electron chi connectivity index (χ0n) is 21.2. The highest BCUT2D eigenvalue weighted by molar-refractivity contribution is 9.10. The number of carbonyl (C=O) groups is 2. The molecule has 1 unspecified atom stereocenters. The molecule has 1 aliphatic carbocycles. The minimum atomic E-state index is -3.77. The summed E-state index contributed by atoms with van der Waals surface area (Å²) >= 11 is 3.40. The summed E-state index contributed by atoms with van der Waals surface area (Å²) in [7, 11) is -3.77. The van der Waals surface area contributed by atoms with E-state index in [2.05, 4.69) is 21.2 Å². The number of nitrogens with one attached hydrogen (secondary N) is 1. The zero-order valence-corrected chi connectivity index (χ0v) is 23.6. The zero-order chi connectivity index (χ0) is 26.3. The Morgan fingerprint density at radius 3 is 2.39 bits per heavy atom. The van der Waals surface area contributed by atoms with E-state index in [1.165, 1.54) is 11.3 Å². The second-order valence-electron chi connectivity index (χ2n) is 9.50. The van der Waals surface area contributed by atoms with Gasteiger partial charge in [0.15, 0.2) is 0 Å². The maximum atomic E-state index is 13.8. The lowest BCUT2D eigenvalue weighted by Crippen LogP contribution is -2.54. The van der Waals surface area contributed by atoms with Gasteiger partial charge in [-0.3, -0.25) is 13.9 Å². The molecule has 0 saturated heterocycles. The fourth-order valence-electron chi connectivity index (χ4n) is 4.72. The van der Waals surface area contributed by atoms with E-state index < -0.39 is 28.5 Å². The number of rotatable bonds is 10. The quantitative estimate of drug-likeness (QED) is 0.440. The van der Waals surface area contributed by atoms with Gasteiger partial charge in [-0.05, 0) is 59.8 Å². The van der Waals surface area contributed by atoms with Gasteiger partial charge in [0.1, 0.15) is 12.6 Å². The molecule has 0 heterocycles. The van der Waals surface area contributed by atoms with Crippen molar-refractivity contribution >= 4 is 43.5 Å². The largest absolute Gasteiger partial charge is 0.352 e. The number of sulfonamides is 1. The highest BCUT2D eigenvalue weighted by atomic mass is 79.9. The number of para-hydroxylation sites is 1. The van der Waals surface area contributed by atoms with Gasteiger partial charge in [-0.15, -0.1) is 0 Å². The predicted octanol–water partition coefficient (Wildman–Crippen LogP) is 4.78. The number of carbonyl (C=O) groups excluding carboxylic acids is 2. The Bertz CT molecular complexity index is 1170. The Balaban J connectivity index is 1.92. The van der Waals surface area contributed by atoms with Crippen LogP contribution in [0.4, 0.5) is 5.69 Å². The lowest BCUT2D eigenvalue weighted by Gasteiger charge is -2.34. The van der Waals surface area contributed by atoms with Crippen molar-refractivity contribution in [1.82, 2.24) is 10.2 Å². The normalized spacial score (nSPS) is 15.2. The molecule has 2 aromatic carbocycles. The van der Waals surface area contributed by atoms with Crippen LogP contribution in [-0.4, -0.2) is 50.0 Å². The number of aryl methyl sites for hydroxylation is 1. The highest BCUT2D eigenvalue weighted by Crippen LogP contribution is 2.28. The second-order valence-corrected chi connectivity index (χ2v) is 12.3. The third-order valence-corrected chi connectivity index (χ3v) is 8.37. The summed E-state index contributed by atoms with van der Waals surface area (Å²) in [5, 5.41) is 3.15. The molecule has 196 valence electrons. The third-order valence-electron chi connectivity index (χ3n) is 6.57. The van der Waals surface area contributed by atoms with Gasteiger partial charge >= 0.3 is 0 Å². The van der Waals surface area contributed by atoms with Crippen molar-refractivity contribution in [2.24, 2.45) is 0 Å². The minimum Gasteiger partial charge on any atom is -0.352 e. The summed E-state index contributed by atoms with van der Waals surface area (Å²) in [6.45, 7) is 3.66. The minimum absolute atomic E-state index is 0.115. The Morgan fingerprint density at radius 1 is 1.08 bits per heavy atom. The molecule has 1 atom stereocenters. The lowest BCUT2D eigenvalue weighted by atomic mass is 9.95. The van der Waals surface area contributed by atoms with Gasteiger partial charge in [-0.2, -0.15) is 0 Å². The van der Waals surface area contributed by atoms with Crippen LogP contribution in [0.5, 0.6) is 0 Å². The van der Waals surface area contributed by atoms with E-state index in [1.807, 2.05) is 38.1 Å². The number of benzene rings is 2. The molecule has 9 heteroatoms. The first kappa shape index (κ1) is 28.2. The molecule has 1 aliphatic rings. The molecule has 0 aromatic heterocycles. The Labute approximate surface area is 223 Å². The van der Waals surface area contributed by atoms with E-state index >= 15 is 0 Å². The maximum absolute atomic E-state index is 13.8.